The highest BCUT2D eigenvalue weighted by Gasteiger charge is 2.07. The van der Waals surface area contributed by atoms with Crippen LogP contribution in [-0.4, -0.2) is 11.5 Å². The predicted octanol–water partition coefficient (Wildman–Crippen LogP) is 2.99. The molecule has 0 bridgehead atoms. The molecule has 1 heterocycles. The summed E-state index contributed by atoms with van der Waals surface area (Å²) >= 11 is 0. The van der Waals surface area contributed by atoms with Crippen LogP contribution in [0.2, 0.25) is 0 Å². The van der Waals surface area contributed by atoms with Gasteiger partial charge in [0.15, 0.2) is 0 Å². The van der Waals surface area contributed by atoms with Gasteiger partial charge in [-0.2, -0.15) is 0 Å². The van der Waals surface area contributed by atoms with Crippen molar-refractivity contribution < 1.29 is 0 Å². The minimum atomic E-state index is 0.514. The Kier molecular flexibility index (Phi) is 3.43. The molecule has 0 aliphatic heterocycles. The van der Waals surface area contributed by atoms with Gasteiger partial charge >= 0.3 is 0 Å². The van der Waals surface area contributed by atoms with Crippen molar-refractivity contribution in [2.45, 2.75) is 27.2 Å². The Balaban J connectivity index is 2.55. The molecular formula is C15H20N2. The molecule has 2 rings (SSSR count). The third-order valence-electron chi connectivity index (χ3n) is 3.15. The van der Waals surface area contributed by atoms with Crippen LogP contribution in [-0.2, 0) is 6.42 Å². The van der Waals surface area contributed by atoms with E-state index in [1.165, 1.54) is 16.5 Å². The van der Waals surface area contributed by atoms with Crippen molar-refractivity contribution in [3.05, 3.63) is 41.1 Å². The molecule has 1 atom stereocenters. The van der Waals surface area contributed by atoms with Crippen molar-refractivity contribution in [3.63, 3.8) is 0 Å². The maximum atomic E-state index is 5.72. The Labute approximate surface area is 103 Å². The molecule has 0 aliphatic rings. The normalized spacial score (nSPS) is 12.9. The van der Waals surface area contributed by atoms with E-state index in [2.05, 4.69) is 50.0 Å². The topological polar surface area (TPSA) is 38.9 Å². The molecule has 0 amide bonds. The molecule has 2 aromatic rings. The molecule has 90 valence electrons. The Bertz CT molecular complexity index is 532. The molecule has 0 aliphatic carbocycles. The summed E-state index contributed by atoms with van der Waals surface area (Å²) in [7, 11) is 0. The van der Waals surface area contributed by atoms with Gasteiger partial charge in [-0.05, 0) is 56.5 Å². The third kappa shape index (κ3) is 2.64. The van der Waals surface area contributed by atoms with Crippen molar-refractivity contribution in [3.8, 4) is 0 Å². The average molecular weight is 228 g/mol. The number of benzene rings is 1. The maximum Gasteiger partial charge on any atom is 0.0708 e. The Morgan fingerprint density at radius 1 is 1.24 bits per heavy atom. The lowest BCUT2D eigenvalue weighted by Gasteiger charge is -2.12. The summed E-state index contributed by atoms with van der Waals surface area (Å²) in [6.07, 6.45) is 1.03. The molecule has 0 spiro atoms. The number of rotatable bonds is 3. The van der Waals surface area contributed by atoms with Crippen LogP contribution in [0, 0.1) is 19.8 Å². The second-order valence-electron chi connectivity index (χ2n) is 4.99. The lowest BCUT2D eigenvalue weighted by Crippen LogP contribution is -2.13. The summed E-state index contributed by atoms with van der Waals surface area (Å²) < 4.78 is 0. The van der Waals surface area contributed by atoms with Crippen LogP contribution in [0.15, 0.2) is 24.3 Å². The van der Waals surface area contributed by atoms with Gasteiger partial charge < -0.3 is 5.73 Å². The highest BCUT2D eigenvalue weighted by atomic mass is 14.7. The standard InChI is InChI=1S/C15H20N2/c1-10-4-5-15-14(7-10)13(6-11(2)9-16)8-12(3)17-15/h4-5,7-8,11H,6,9,16H2,1-3H3. The SMILES string of the molecule is Cc1ccc2nc(C)cc(CC(C)CN)c2c1. The van der Waals surface area contributed by atoms with Crippen molar-refractivity contribution in [1.29, 1.82) is 0 Å². The lowest BCUT2D eigenvalue weighted by atomic mass is 9.96. The third-order valence-corrected chi connectivity index (χ3v) is 3.15. The molecule has 1 aromatic carbocycles. The second-order valence-corrected chi connectivity index (χ2v) is 4.99. The van der Waals surface area contributed by atoms with E-state index >= 15 is 0 Å². The van der Waals surface area contributed by atoms with Gasteiger partial charge in [-0.1, -0.05) is 18.6 Å². The van der Waals surface area contributed by atoms with Gasteiger partial charge in [0, 0.05) is 11.1 Å². The zero-order valence-corrected chi connectivity index (χ0v) is 10.8. The average Bonchev–Trinajstić information content (AvgIpc) is 2.29. The molecule has 2 nitrogen and oxygen atoms in total. The van der Waals surface area contributed by atoms with E-state index < -0.39 is 0 Å². The number of fused-ring (bicyclic) bond motifs is 1. The van der Waals surface area contributed by atoms with Crippen LogP contribution in [0.3, 0.4) is 0 Å². The molecule has 1 aromatic heterocycles. The Morgan fingerprint density at radius 3 is 2.71 bits per heavy atom. The summed E-state index contributed by atoms with van der Waals surface area (Å²) in [5.41, 5.74) is 10.5. The molecule has 17 heavy (non-hydrogen) atoms. The van der Waals surface area contributed by atoms with Crippen molar-refractivity contribution in [2.75, 3.05) is 6.54 Å². The molecule has 2 N–H and O–H groups in total. The molecular weight excluding hydrogens is 208 g/mol. The fourth-order valence-electron chi connectivity index (χ4n) is 2.18. The number of hydrogen-bond acceptors (Lipinski definition) is 2. The summed E-state index contributed by atoms with van der Waals surface area (Å²) in [6.45, 7) is 7.09. The molecule has 0 fully saturated rings. The van der Waals surface area contributed by atoms with E-state index in [9.17, 15) is 0 Å². The largest absolute Gasteiger partial charge is 0.330 e. The van der Waals surface area contributed by atoms with E-state index in [1.807, 2.05) is 0 Å². The zero-order chi connectivity index (χ0) is 12.4. The van der Waals surface area contributed by atoms with E-state index in [4.69, 9.17) is 5.73 Å². The summed E-state index contributed by atoms with van der Waals surface area (Å²) in [5.74, 6) is 0.514. The molecule has 0 saturated heterocycles. The lowest BCUT2D eigenvalue weighted by molar-refractivity contribution is 0.595. The number of nitrogens with zero attached hydrogens (tertiary/aromatic N) is 1. The highest BCUT2D eigenvalue weighted by Crippen LogP contribution is 2.22. The van der Waals surface area contributed by atoms with Gasteiger partial charge in [-0.25, -0.2) is 0 Å². The first kappa shape index (κ1) is 12.1. The quantitative estimate of drug-likeness (QED) is 0.877. The van der Waals surface area contributed by atoms with Crippen LogP contribution in [0.5, 0.6) is 0 Å². The second kappa shape index (κ2) is 4.84. The first-order chi connectivity index (χ1) is 8.10. The van der Waals surface area contributed by atoms with Gasteiger partial charge in [-0.3, -0.25) is 4.98 Å². The van der Waals surface area contributed by atoms with Crippen molar-refractivity contribution >= 4 is 10.9 Å². The Morgan fingerprint density at radius 2 is 2.00 bits per heavy atom. The minimum absolute atomic E-state index is 0.514. The van der Waals surface area contributed by atoms with Gasteiger partial charge in [0.2, 0.25) is 0 Å². The molecule has 2 heteroatoms. The van der Waals surface area contributed by atoms with Crippen LogP contribution >= 0.6 is 0 Å². The zero-order valence-electron chi connectivity index (χ0n) is 10.8. The first-order valence-electron chi connectivity index (χ1n) is 6.17. The maximum absolute atomic E-state index is 5.72. The van der Waals surface area contributed by atoms with E-state index in [1.54, 1.807) is 0 Å². The van der Waals surface area contributed by atoms with Gasteiger partial charge in [-0.15, -0.1) is 0 Å². The molecule has 0 radical (unpaired) electrons. The fraction of sp³-hybridized carbons (Fsp3) is 0.400. The Hall–Kier alpha value is -1.41. The number of nitrogens with two attached hydrogens (primary N) is 1. The smallest absolute Gasteiger partial charge is 0.0708 e. The summed E-state index contributed by atoms with van der Waals surface area (Å²) in [4.78, 5) is 4.58. The van der Waals surface area contributed by atoms with Gasteiger partial charge in [0.05, 0.1) is 5.52 Å². The number of pyridine rings is 1. The fourth-order valence-corrected chi connectivity index (χ4v) is 2.18. The van der Waals surface area contributed by atoms with Crippen LogP contribution in [0.25, 0.3) is 10.9 Å². The van der Waals surface area contributed by atoms with Crippen LogP contribution in [0.4, 0.5) is 0 Å². The summed E-state index contributed by atoms with van der Waals surface area (Å²) in [5, 5.41) is 1.27. The number of aromatic nitrogens is 1. The van der Waals surface area contributed by atoms with Crippen molar-refractivity contribution in [2.24, 2.45) is 11.7 Å². The number of aryl methyl sites for hydroxylation is 2. The first-order valence-corrected chi connectivity index (χ1v) is 6.17. The highest BCUT2D eigenvalue weighted by molar-refractivity contribution is 5.83. The van der Waals surface area contributed by atoms with Crippen LogP contribution in [0.1, 0.15) is 23.7 Å². The molecule has 0 saturated carbocycles. The predicted molar refractivity (Wildman–Crippen MR) is 73.1 cm³/mol. The van der Waals surface area contributed by atoms with Gasteiger partial charge in [0.1, 0.15) is 0 Å². The summed E-state index contributed by atoms with van der Waals surface area (Å²) in [6, 6.07) is 8.63. The van der Waals surface area contributed by atoms with E-state index in [-0.39, 0.29) is 0 Å². The number of hydrogen-bond donors (Lipinski definition) is 1. The van der Waals surface area contributed by atoms with Gasteiger partial charge in [0.25, 0.3) is 0 Å². The van der Waals surface area contributed by atoms with Crippen LogP contribution < -0.4 is 5.73 Å². The van der Waals surface area contributed by atoms with Crippen molar-refractivity contribution in [1.82, 2.24) is 4.98 Å². The van der Waals surface area contributed by atoms with E-state index in [0.717, 1.165) is 24.2 Å². The monoisotopic (exact) mass is 228 g/mol. The molecule has 1 unspecified atom stereocenters. The van der Waals surface area contributed by atoms with E-state index in [0.29, 0.717) is 5.92 Å². The minimum Gasteiger partial charge on any atom is -0.330 e.